The number of amides is 1. The first-order chi connectivity index (χ1) is 9.49. The van der Waals surface area contributed by atoms with Crippen LogP contribution >= 0.6 is 0 Å². The molecule has 20 heavy (non-hydrogen) atoms. The molecule has 0 saturated carbocycles. The lowest BCUT2D eigenvalue weighted by atomic mass is 10.0. The lowest BCUT2D eigenvalue weighted by molar-refractivity contribution is -0.134. The minimum absolute atomic E-state index is 0.0521. The fraction of sp³-hybridized carbons (Fsp3) is 0.625. The zero-order valence-electron chi connectivity index (χ0n) is 13.3. The van der Waals surface area contributed by atoms with Crippen LogP contribution in [0.5, 0.6) is 0 Å². The molecule has 112 valence electrons. The Morgan fingerprint density at radius 1 is 1.35 bits per heavy atom. The van der Waals surface area contributed by atoms with Crippen molar-refractivity contribution in [3.05, 3.63) is 29.1 Å². The third-order valence-electron chi connectivity index (χ3n) is 3.50. The third-order valence-corrected chi connectivity index (χ3v) is 3.50. The summed E-state index contributed by atoms with van der Waals surface area (Å²) < 4.78 is 0. The van der Waals surface area contributed by atoms with Gasteiger partial charge in [-0.25, -0.2) is 0 Å². The van der Waals surface area contributed by atoms with Crippen molar-refractivity contribution in [2.24, 2.45) is 11.7 Å². The van der Waals surface area contributed by atoms with Crippen molar-refractivity contribution in [3.63, 3.8) is 0 Å². The van der Waals surface area contributed by atoms with Crippen LogP contribution in [0, 0.1) is 12.8 Å². The van der Waals surface area contributed by atoms with Crippen LogP contribution in [-0.4, -0.2) is 28.4 Å². The molecule has 0 aliphatic carbocycles. The second kappa shape index (κ2) is 7.39. The van der Waals surface area contributed by atoms with Gasteiger partial charge >= 0.3 is 0 Å². The van der Waals surface area contributed by atoms with Crippen molar-refractivity contribution in [2.75, 3.05) is 6.54 Å². The molecule has 1 amide bonds. The summed E-state index contributed by atoms with van der Waals surface area (Å²) in [6.45, 7) is 11.3. The summed E-state index contributed by atoms with van der Waals surface area (Å²) in [5.41, 5.74) is 9.23. The normalized spacial score (nSPS) is 15.2. The predicted octanol–water partition coefficient (Wildman–Crippen LogP) is 2.28. The van der Waals surface area contributed by atoms with Gasteiger partial charge in [0.05, 0.1) is 6.04 Å². The van der Waals surface area contributed by atoms with Gasteiger partial charge in [0.25, 0.3) is 0 Å². The Hall–Kier alpha value is -1.42. The van der Waals surface area contributed by atoms with E-state index >= 15 is 0 Å². The highest BCUT2D eigenvalue weighted by atomic mass is 16.2. The largest absolute Gasteiger partial charge is 0.337 e. The Bertz CT molecular complexity index is 457. The molecule has 0 aromatic carbocycles. The fourth-order valence-electron chi connectivity index (χ4n) is 2.21. The molecule has 1 aliphatic heterocycles. The van der Waals surface area contributed by atoms with Crippen molar-refractivity contribution in [1.29, 1.82) is 0 Å². The van der Waals surface area contributed by atoms with Crippen LogP contribution in [0.2, 0.25) is 0 Å². The zero-order chi connectivity index (χ0) is 15.3. The van der Waals surface area contributed by atoms with E-state index in [2.05, 4.69) is 11.1 Å². The van der Waals surface area contributed by atoms with Gasteiger partial charge in [0, 0.05) is 30.9 Å². The summed E-state index contributed by atoms with van der Waals surface area (Å²) in [5.74, 6) is 0.228. The van der Waals surface area contributed by atoms with E-state index in [-0.39, 0.29) is 11.8 Å². The summed E-state index contributed by atoms with van der Waals surface area (Å²) >= 11 is 0. The summed E-state index contributed by atoms with van der Waals surface area (Å²) in [4.78, 5) is 18.6. The number of hydrogen-bond acceptors (Lipinski definition) is 3. The average molecular weight is 277 g/mol. The van der Waals surface area contributed by atoms with Crippen LogP contribution in [0.1, 0.15) is 44.6 Å². The molecule has 1 aromatic heterocycles. The molecular weight excluding hydrogens is 250 g/mol. The zero-order valence-corrected chi connectivity index (χ0v) is 13.3. The SMILES string of the molecule is CC.Cc1ccc2c(n1)CCN(C(=O)C(N)C(C)C)C2. The molecule has 1 unspecified atom stereocenters. The van der Waals surface area contributed by atoms with Gasteiger partial charge in [-0.3, -0.25) is 9.78 Å². The number of nitrogens with two attached hydrogens (primary N) is 1. The van der Waals surface area contributed by atoms with E-state index in [0.717, 1.165) is 29.9 Å². The van der Waals surface area contributed by atoms with Crippen LogP contribution in [0.3, 0.4) is 0 Å². The summed E-state index contributed by atoms with van der Waals surface area (Å²) in [6.07, 6.45) is 0.827. The number of carbonyl (C=O) groups is 1. The highest BCUT2D eigenvalue weighted by Crippen LogP contribution is 2.18. The van der Waals surface area contributed by atoms with Crippen molar-refractivity contribution >= 4 is 5.91 Å². The van der Waals surface area contributed by atoms with E-state index in [1.165, 1.54) is 0 Å². The number of pyridine rings is 1. The topological polar surface area (TPSA) is 59.2 Å². The van der Waals surface area contributed by atoms with Gasteiger partial charge in [0.15, 0.2) is 0 Å². The molecule has 0 bridgehead atoms. The summed E-state index contributed by atoms with van der Waals surface area (Å²) in [6, 6.07) is 3.66. The second-order valence-corrected chi connectivity index (χ2v) is 5.34. The van der Waals surface area contributed by atoms with Crippen molar-refractivity contribution < 1.29 is 4.79 Å². The molecule has 4 heteroatoms. The first-order valence-electron chi connectivity index (χ1n) is 7.49. The van der Waals surface area contributed by atoms with E-state index in [1.807, 2.05) is 45.6 Å². The standard InChI is InChI=1S/C14H21N3O.C2H6/c1-9(2)13(15)14(18)17-7-6-12-11(8-17)5-4-10(3)16-12;1-2/h4-5,9,13H,6-8,15H2,1-3H3;1-2H3. The number of nitrogens with zero attached hydrogens (tertiary/aromatic N) is 2. The number of fused-ring (bicyclic) bond motifs is 1. The number of aryl methyl sites for hydroxylation is 1. The van der Waals surface area contributed by atoms with Gasteiger partial charge in [-0.15, -0.1) is 0 Å². The molecule has 1 aromatic rings. The molecule has 4 nitrogen and oxygen atoms in total. The minimum atomic E-state index is -0.398. The first-order valence-corrected chi connectivity index (χ1v) is 7.49. The van der Waals surface area contributed by atoms with Gasteiger partial charge < -0.3 is 10.6 Å². The van der Waals surface area contributed by atoms with E-state index < -0.39 is 6.04 Å². The van der Waals surface area contributed by atoms with E-state index in [9.17, 15) is 4.79 Å². The number of rotatable bonds is 2. The van der Waals surface area contributed by atoms with Crippen LogP contribution in [0.4, 0.5) is 0 Å². The maximum atomic E-state index is 12.2. The van der Waals surface area contributed by atoms with Crippen LogP contribution in [-0.2, 0) is 17.8 Å². The van der Waals surface area contributed by atoms with Gasteiger partial charge in [0.2, 0.25) is 5.91 Å². The predicted molar refractivity (Wildman–Crippen MR) is 82.3 cm³/mol. The molecule has 1 aliphatic rings. The van der Waals surface area contributed by atoms with Gasteiger partial charge in [0.1, 0.15) is 0 Å². The van der Waals surface area contributed by atoms with Crippen molar-refractivity contribution in [2.45, 2.75) is 53.6 Å². The second-order valence-electron chi connectivity index (χ2n) is 5.34. The van der Waals surface area contributed by atoms with E-state index in [1.54, 1.807) is 0 Å². The Kier molecular flexibility index (Phi) is 6.14. The fourth-order valence-corrected chi connectivity index (χ4v) is 2.21. The van der Waals surface area contributed by atoms with E-state index in [0.29, 0.717) is 6.54 Å². The lowest BCUT2D eigenvalue weighted by Gasteiger charge is -2.31. The van der Waals surface area contributed by atoms with Gasteiger partial charge in [-0.1, -0.05) is 33.8 Å². The van der Waals surface area contributed by atoms with Crippen molar-refractivity contribution in [1.82, 2.24) is 9.88 Å². The molecule has 0 radical (unpaired) electrons. The first kappa shape index (κ1) is 16.6. The molecule has 0 spiro atoms. The molecule has 2 rings (SSSR count). The Morgan fingerprint density at radius 3 is 2.60 bits per heavy atom. The maximum absolute atomic E-state index is 12.2. The minimum Gasteiger partial charge on any atom is -0.337 e. The van der Waals surface area contributed by atoms with Crippen LogP contribution in [0.15, 0.2) is 12.1 Å². The molecule has 1 atom stereocenters. The van der Waals surface area contributed by atoms with Crippen molar-refractivity contribution in [3.8, 4) is 0 Å². The molecule has 2 heterocycles. The van der Waals surface area contributed by atoms with Crippen LogP contribution in [0.25, 0.3) is 0 Å². The average Bonchev–Trinajstić information content (AvgIpc) is 2.47. The smallest absolute Gasteiger partial charge is 0.240 e. The highest BCUT2D eigenvalue weighted by molar-refractivity contribution is 5.82. The van der Waals surface area contributed by atoms with Gasteiger partial charge in [-0.05, 0) is 24.5 Å². The monoisotopic (exact) mass is 277 g/mol. The molecular formula is C16H27N3O. The highest BCUT2D eigenvalue weighted by Gasteiger charge is 2.27. The number of hydrogen-bond donors (Lipinski definition) is 1. The quantitative estimate of drug-likeness (QED) is 0.902. The molecule has 2 N–H and O–H groups in total. The summed E-state index contributed by atoms with van der Waals surface area (Å²) in [5, 5.41) is 0. The Labute approximate surface area is 122 Å². The number of carbonyl (C=O) groups excluding carboxylic acids is 1. The maximum Gasteiger partial charge on any atom is 0.240 e. The molecule has 0 fully saturated rings. The summed E-state index contributed by atoms with van der Waals surface area (Å²) in [7, 11) is 0. The third kappa shape index (κ3) is 3.79. The lowest BCUT2D eigenvalue weighted by Crippen LogP contribution is -2.48. The van der Waals surface area contributed by atoms with Gasteiger partial charge in [-0.2, -0.15) is 0 Å². The number of aromatic nitrogens is 1. The Balaban J connectivity index is 0.000000956. The van der Waals surface area contributed by atoms with E-state index in [4.69, 9.17) is 5.73 Å². The van der Waals surface area contributed by atoms with Crippen LogP contribution < -0.4 is 5.73 Å². The molecule has 0 saturated heterocycles. The Morgan fingerprint density at radius 2 is 2.00 bits per heavy atom.